The Balaban J connectivity index is 1.47. The molecule has 2 aromatic rings. The number of sulfonamides is 1. The molecule has 1 fully saturated rings. The lowest BCUT2D eigenvalue weighted by atomic mass is 9.97. The summed E-state index contributed by atoms with van der Waals surface area (Å²) in [5.74, 6) is 2.31. The number of nitrogens with zero attached hydrogens (tertiary/aromatic N) is 1. The highest BCUT2D eigenvalue weighted by Crippen LogP contribution is 2.26. The molecule has 1 saturated heterocycles. The minimum atomic E-state index is -3.45. The first-order chi connectivity index (χ1) is 11.8. The molecule has 0 amide bonds. The van der Waals surface area contributed by atoms with Gasteiger partial charge in [0.25, 0.3) is 0 Å². The van der Waals surface area contributed by atoms with Crippen LogP contribution in [0.4, 0.5) is 0 Å². The maximum atomic E-state index is 12.3. The first kappa shape index (κ1) is 18.9. The molecular formula is C17H23ClN2O3S2. The van der Waals surface area contributed by atoms with Gasteiger partial charge >= 0.3 is 0 Å². The second-order valence-electron chi connectivity index (χ2n) is 6.57. The summed E-state index contributed by atoms with van der Waals surface area (Å²) in [7, 11) is -3.45. The van der Waals surface area contributed by atoms with Crippen LogP contribution in [0.25, 0.3) is 0 Å². The topological polar surface area (TPSA) is 62.6 Å². The average Bonchev–Trinajstić information content (AvgIpc) is 3.13. The minimum Gasteiger partial charge on any atom is -0.466 e. The van der Waals surface area contributed by atoms with E-state index in [9.17, 15) is 8.42 Å². The highest BCUT2D eigenvalue weighted by atomic mass is 35.5. The summed E-state index contributed by atoms with van der Waals surface area (Å²) in [4.78, 5) is 2.40. The lowest BCUT2D eigenvalue weighted by molar-refractivity contribution is 0.178. The summed E-state index contributed by atoms with van der Waals surface area (Å²) >= 11 is 6.91. The van der Waals surface area contributed by atoms with E-state index in [-0.39, 0.29) is 4.21 Å². The third kappa shape index (κ3) is 4.86. The van der Waals surface area contributed by atoms with Gasteiger partial charge in [-0.1, -0.05) is 11.6 Å². The van der Waals surface area contributed by atoms with Crippen LogP contribution >= 0.6 is 22.9 Å². The van der Waals surface area contributed by atoms with Gasteiger partial charge in [-0.25, -0.2) is 13.1 Å². The van der Waals surface area contributed by atoms with Crippen molar-refractivity contribution in [3.8, 4) is 0 Å². The number of likely N-dealkylation sites (tertiary alicyclic amines) is 1. The molecule has 0 aliphatic carbocycles. The van der Waals surface area contributed by atoms with Gasteiger partial charge in [0.2, 0.25) is 10.0 Å². The average molecular weight is 403 g/mol. The van der Waals surface area contributed by atoms with Crippen molar-refractivity contribution in [3.05, 3.63) is 39.6 Å². The Morgan fingerprint density at radius 1 is 1.32 bits per heavy atom. The van der Waals surface area contributed by atoms with E-state index in [1.54, 1.807) is 12.1 Å². The van der Waals surface area contributed by atoms with Crippen LogP contribution in [0.3, 0.4) is 0 Å². The zero-order valence-corrected chi connectivity index (χ0v) is 16.8. The Labute approximate surface area is 158 Å². The number of aryl methyl sites for hydroxylation is 2. The predicted molar refractivity (Wildman–Crippen MR) is 101 cm³/mol. The summed E-state index contributed by atoms with van der Waals surface area (Å²) in [5, 5.41) is 0. The molecule has 25 heavy (non-hydrogen) atoms. The van der Waals surface area contributed by atoms with E-state index < -0.39 is 10.0 Å². The highest BCUT2D eigenvalue weighted by molar-refractivity contribution is 7.91. The summed E-state index contributed by atoms with van der Waals surface area (Å²) in [6.07, 6.45) is 1.98. The SMILES string of the molecule is Cc1cc(CN2CCC(CNS(=O)(=O)c3ccc(Cl)s3)CC2)c(C)o1. The lowest BCUT2D eigenvalue weighted by Crippen LogP contribution is -2.38. The molecule has 3 heterocycles. The van der Waals surface area contributed by atoms with Crippen LogP contribution in [-0.2, 0) is 16.6 Å². The molecule has 0 unspecified atom stereocenters. The molecule has 0 spiro atoms. The van der Waals surface area contributed by atoms with E-state index in [0.717, 1.165) is 55.3 Å². The maximum absolute atomic E-state index is 12.3. The highest BCUT2D eigenvalue weighted by Gasteiger charge is 2.23. The summed E-state index contributed by atoms with van der Waals surface area (Å²) in [5.41, 5.74) is 1.24. The van der Waals surface area contributed by atoms with Crippen molar-refractivity contribution in [3.63, 3.8) is 0 Å². The van der Waals surface area contributed by atoms with E-state index in [1.807, 2.05) is 13.8 Å². The van der Waals surface area contributed by atoms with E-state index in [2.05, 4.69) is 15.7 Å². The largest absolute Gasteiger partial charge is 0.466 e. The van der Waals surface area contributed by atoms with E-state index in [1.165, 1.54) is 5.56 Å². The molecule has 2 aromatic heterocycles. The number of piperidine rings is 1. The maximum Gasteiger partial charge on any atom is 0.250 e. The monoisotopic (exact) mass is 402 g/mol. The van der Waals surface area contributed by atoms with E-state index >= 15 is 0 Å². The van der Waals surface area contributed by atoms with Crippen LogP contribution in [0.1, 0.15) is 29.9 Å². The van der Waals surface area contributed by atoms with Gasteiger partial charge in [0, 0.05) is 18.7 Å². The van der Waals surface area contributed by atoms with Gasteiger partial charge in [0.1, 0.15) is 15.7 Å². The normalized spacial score (nSPS) is 17.2. The summed E-state index contributed by atoms with van der Waals surface area (Å²) < 4.78 is 33.6. The Morgan fingerprint density at radius 3 is 2.60 bits per heavy atom. The first-order valence-electron chi connectivity index (χ1n) is 8.37. The number of nitrogens with one attached hydrogen (secondary N) is 1. The van der Waals surface area contributed by atoms with Crippen molar-refractivity contribution in [1.29, 1.82) is 0 Å². The van der Waals surface area contributed by atoms with Gasteiger partial charge in [0.15, 0.2) is 0 Å². The Bertz CT molecular complexity index is 821. The van der Waals surface area contributed by atoms with Crippen molar-refractivity contribution in [2.45, 2.75) is 37.4 Å². The number of halogens is 1. The number of rotatable bonds is 6. The standard InChI is InChI=1S/C17H23ClN2O3S2/c1-12-9-15(13(2)23-12)11-20-7-5-14(6-8-20)10-19-25(21,22)17-4-3-16(18)24-17/h3-4,9,14,19H,5-8,10-11H2,1-2H3. The molecule has 0 radical (unpaired) electrons. The van der Waals surface area contributed by atoms with Crippen LogP contribution < -0.4 is 4.72 Å². The number of furan rings is 1. The summed E-state index contributed by atoms with van der Waals surface area (Å²) in [6, 6.07) is 5.26. The first-order valence-corrected chi connectivity index (χ1v) is 11.0. The Morgan fingerprint density at radius 2 is 2.04 bits per heavy atom. The van der Waals surface area contributed by atoms with Gasteiger partial charge in [-0.15, -0.1) is 11.3 Å². The zero-order chi connectivity index (χ0) is 18.0. The molecule has 3 rings (SSSR count). The summed E-state index contributed by atoms with van der Waals surface area (Å²) in [6.45, 7) is 7.29. The fraction of sp³-hybridized carbons (Fsp3) is 0.529. The number of hydrogen-bond acceptors (Lipinski definition) is 5. The van der Waals surface area contributed by atoms with Gasteiger partial charge in [-0.05, 0) is 63.9 Å². The number of thiophene rings is 1. The van der Waals surface area contributed by atoms with Crippen molar-refractivity contribution < 1.29 is 12.8 Å². The molecule has 8 heteroatoms. The molecule has 5 nitrogen and oxygen atoms in total. The van der Waals surface area contributed by atoms with Crippen molar-refractivity contribution in [2.24, 2.45) is 5.92 Å². The predicted octanol–water partition coefficient (Wildman–Crippen LogP) is 3.80. The van der Waals surface area contributed by atoms with Crippen LogP contribution in [0.5, 0.6) is 0 Å². The van der Waals surface area contributed by atoms with Crippen molar-refractivity contribution >= 4 is 33.0 Å². The van der Waals surface area contributed by atoms with Gasteiger partial charge < -0.3 is 4.42 Å². The third-order valence-electron chi connectivity index (χ3n) is 4.62. The molecule has 1 N–H and O–H groups in total. The van der Waals surface area contributed by atoms with Crippen LogP contribution in [0.2, 0.25) is 4.34 Å². The van der Waals surface area contributed by atoms with Crippen LogP contribution in [-0.4, -0.2) is 33.0 Å². The quantitative estimate of drug-likeness (QED) is 0.798. The Hall–Kier alpha value is -0.860. The van der Waals surface area contributed by atoms with E-state index in [4.69, 9.17) is 16.0 Å². The number of hydrogen-bond donors (Lipinski definition) is 1. The van der Waals surface area contributed by atoms with Crippen molar-refractivity contribution in [1.82, 2.24) is 9.62 Å². The lowest BCUT2D eigenvalue weighted by Gasteiger charge is -2.31. The zero-order valence-electron chi connectivity index (χ0n) is 14.4. The Kier molecular flexibility index (Phi) is 5.90. The minimum absolute atomic E-state index is 0.278. The molecule has 1 aliphatic rings. The van der Waals surface area contributed by atoms with Crippen LogP contribution in [0, 0.1) is 19.8 Å². The molecule has 0 saturated carbocycles. The van der Waals surface area contributed by atoms with Crippen LogP contribution in [0.15, 0.2) is 26.8 Å². The molecule has 0 aromatic carbocycles. The second-order valence-corrected chi connectivity index (χ2v) is 10.3. The molecule has 0 bridgehead atoms. The van der Waals surface area contributed by atoms with Gasteiger partial charge in [0.05, 0.1) is 4.34 Å². The molecular weight excluding hydrogens is 380 g/mol. The van der Waals surface area contributed by atoms with Gasteiger partial charge in [-0.2, -0.15) is 0 Å². The fourth-order valence-electron chi connectivity index (χ4n) is 3.17. The third-order valence-corrected chi connectivity index (χ3v) is 7.77. The molecule has 1 aliphatic heterocycles. The van der Waals surface area contributed by atoms with E-state index in [0.29, 0.717) is 16.8 Å². The van der Waals surface area contributed by atoms with Crippen molar-refractivity contribution in [2.75, 3.05) is 19.6 Å². The molecule has 0 atom stereocenters. The smallest absolute Gasteiger partial charge is 0.250 e. The molecule has 138 valence electrons. The second kappa shape index (κ2) is 7.80. The fourth-order valence-corrected chi connectivity index (χ4v) is 5.81. The van der Waals surface area contributed by atoms with Gasteiger partial charge in [-0.3, -0.25) is 4.90 Å².